The highest BCUT2D eigenvalue weighted by atomic mass is 35.5. The molecule has 1 aliphatic rings. The second kappa shape index (κ2) is 8.19. The molecule has 0 bridgehead atoms. The summed E-state index contributed by atoms with van der Waals surface area (Å²) in [7, 11) is 0. The van der Waals surface area contributed by atoms with Crippen LogP contribution in [0, 0.1) is 0 Å². The van der Waals surface area contributed by atoms with Crippen LogP contribution < -0.4 is 0 Å². The molecule has 1 fully saturated rings. The molecule has 0 saturated carbocycles. The maximum Gasteiger partial charge on any atom is 0.307 e. The van der Waals surface area contributed by atoms with E-state index >= 15 is 0 Å². The maximum atomic E-state index is 12.6. The lowest BCUT2D eigenvalue weighted by atomic mass is 10.00. The number of likely N-dealkylation sites (tertiary alicyclic amines) is 1. The molecule has 1 amide bonds. The Balaban J connectivity index is 1.87. The summed E-state index contributed by atoms with van der Waals surface area (Å²) in [4.78, 5) is 25.2. The quantitative estimate of drug-likeness (QED) is 0.779. The fourth-order valence-corrected chi connectivity index (χ4v) is 3.93. The average molecular weight is 408 g/mol. The van der Waals surface area contributed by atoms with Crippen LogP contribution in [0.1, 0.15) is 39.9 Å². The van der Waals surface area contributed by atoms with Gasteiger partial charge >= 0.3 is 5.97 Å². The minimum atomic E-state index is -0.960. The molecule has 142 valence electrons. The lowest BCUT2D eigenvalue weighted by Gasteiger charge is -2.17. The summed E-state index contributed by atoms with van der Waals surface area (Å²) in [5.74, 6) is -1.19. The maximum absolute atomic E-state index is 12.6. The van der Waals surface area contributed by atoms with Gasteiger partial charge in [-0.3, -0.25) is 9.59 Å². The van der Waals surface area contributed by atoms with E-state index in [4.69, 9.17) is 28.3 Å². The summed E-state index contributed by atoms with van der Waals surface area (Å²) in [6.45, 7) is 1.40. The topological polar surface area (TPSA) is 77.8 Å². The highest BCUT2D eigenvalue weighted by molar-refractivity contribution is 6.36. The van der Waals surface area contributed by atoms with E-state index in [0.29, 0.717) is 40.7 Å². The number of hydrogen-bond acceptors (Lipinski definition) is 3. The number of carboxylic acids is 1. The van der Waals surface area contributed by atoms with Gasteiger partial charge in [0.05, 0.1) is 12.0 Å². The lowest BCUT2D eigenvalue weighted by molar-refractivity contribution is -0.136. The first-order valence-electron chi connectivity index (χ1n) is 8.65. The van der Waals surface area contributed by atoms with Gasteiger partial charge in [0.1, 0.15) is 5.75 Å². The van der Waals surface area contributed by atoms with Crippen molar-refractivity contribution < 1.29 is 19.8 Å². The largest absolute Gasteiger partial charge is 0.507 e. The Morgan fingerprint density at radius 3 is 2.22 bits per heavy atom. The van der Waals surface area contributed by atoms with Crippen molar-refractivity contribution in [2.45, 2.75) is 25.7 Å². The molecule has 7 heteroatoms. The Labute approximate surface area is 167 Å². The van der Waals surface area contributed by atoms with Crippen LogP contribution in [0.4, 0.5) is 0 Å². The molecule has 0 aromatic heterocycles. The Kier molecular flexibility index (Phi) is 5.92. The molecule has 0 spiro atoms. The number of amides is 1. The van der Waals surface area contributed by atoms with E-state index in [0.717, 1.165) is 18.4 Å². The van der Waals surface area contributed by atoms with Gasteiger partial charge in [0.25, 0.3) is 5.91 Å². The summed E-state index contributed by atoms with van der Waals surface area (Å²) in [6, 6.07) is 8.06. The highest BCUT2D eigenvalue weighted by Gasteiger charge is 2.22. The van der Waals surface area contributed by atoms with Crippen molar-refractivity contribution in [2.75, 3.05) is 13.1 Å². The van der Waals surface area contributed by atoms with Crippen molar-refractivity contribution in [3.8, 4) is 5.75 Å². The van der Waals surface area contributed by atoms with E-state index in [1.165, 1.54) is 6.07 Å². The van der Waals surface area contributed by atoms with E-state index in [9.17, 15) is 14.7 Å². The van der Waals surface area contributed by atoms with Crippen LogP contribution >= 0.6 is 23.2 Å². The molecule has 1 saturated heterocycles. The van der Waals surface area contributed by atoms with Gasteiger partial charge in [-0.2, -0.15) is 0 Å². The molecular weight excluding hydrogens is 389 g/mol. The van der Waals surface area contributed by atoms with Gasteiger partial charge in [0, 0.05) is 29.6 Å². The van der Waals surface area contributed by atoms with Crippen molar-refractivity contribution >= 4 is 35.1 Å². The first kappa shape index (κ1) is 19.5. The van der Waals surface area contributed by atoms with Crippen molar-refractivity contribution in [2.24, 2.45) is 0 Å². The molecule has 0 atom stereocenters. The molecule has 2 aromatic rings. The van der Waals surface area contributed by atoms with Crippen molar-refractivity contribution in [1.29, 1.82) is 0 Å². The molecule has 1 heterocycles. The number of halogens is 2. The van der Waals surface area contributed by atoms with E-state index in [-0.39, 0.29) is 23.6 Å². The summed E-state index contributed by atoms with van der Waals surface area (Å²) in [5, 5.41) is 19.8. The van der Waals surface area contributed by atoms with Crippen LogP contribution in [0.5, 0.6) is 5.75 Å². The Bertz CT molecular complexity index is 869. The van der Waals surface area contributed by atoms with Crippen molar-refractivity contribution in [1.82, 2.24) is 4.90 Å². The second-order valence-corrected chi connectivity index (χ2v) is 7.45. The molecule has 2 aromatic carbocycles. The van der Waals surface area contributed by atoms with Crippen LogP contribution in [0.3, 0.4) is 0 Å². The fraction of sp³-hybridized carbons (Fsp3) is 0.300. The van der Waals surface area contributed by atoms with Gasteiger partial charge in [-0.25, -0.2) is 0 Å². The molecule has 0 radical (unpaired) electrons. The number of aliphatic carboxylic acids is 1. The third kappa shape index (κ3) is 4.54. The number of carboxylic acid groups (broad SMARTS) is 1. The number of aromatic hydroxyl groups is 1. The molecule has 5 nitrogen and oxygen atoms in total. The summed E-state index contributed by atoms with van der Waals surface area (Å²) in [5.41, 5.74) is 2.23. The number of hydrogen-bond donors (Lipinski definition) is 2. The van der Waals surface area contributed by atoms with Gasteiger partial charge in [-0.15, -0.1) is 0 Å². The molecular formula is C20H19Cl2NO4. The Morgan fingerprint density at radius 1 is 1.00 bits per heavy atom. The normalized spacial score (nSPS) is 13.8. The molecule has 27 heavy (non-hydrogen) atoms. The van der Waals surface area contributed by atoms with Crippen LogP contribution in [-0.4, -0.2) is 40.1 Å². The van der Waals surface area contributed by atoms with E-state index in [2.05, 4.69) is 0 Å². The first-order chi connectivity index (χ1) is 12.8. The highest BCUT2D eigenvalue weighted by Crippen LogP contribution is 2.31. The van der Waals surface area contributed by atoms with E-state index in [1.807, 2.05) is 0 Å². The van der Waals surface area contributed by atoms with Crippen molar-refractivity contribution in [3.05, 3.63) is 62.6 Å². The minimum Gasteiger partial charge on any atom is -0.507 e. The number of carbonyl (C=O) groups is 2. The molecule has 0 aliphatic carbocycles. The number of nitrogens with zero attached hydrogens (tertiary/aromatic N) is 1. The third-order valence-corrected chi connectivity index (χ3v) is 5.30. The summed E-state index contributed by atoms with van der Waals surface area (Å²) < 4.78 is 0. The van der Waals surface area contributed by atoms with Gasteiger partial charge < -0.3 is 15.1 Å². The smallest absolute Gasteiger partial charge is 0.307 e. The fourth-order valence-electron chi connectivity index (χ4n) is 3.26. The molecule has 2 N–H and O–H groups in total. The van der Waals surface area contributed by atoms with Gasteiger partial charge in [0.15, 0.2) is 0 Å². The zero-order valence-electron chi connectivity index (χ0n) is 14.5. The first-order valence-corrected chi connectivity index (χ1v) is 9.40. The van der Waals surface area contributed by atoms with Crippen molar-refractivity contribution in [3.63, 3.8) is 0 Å². The number of phenols is 1. The molecule has 1 aliphatic heterocycles. The third-order valence-electron chi connectivity index (χ3n) is 4.62. The van der Waals surface area contributed by atoms with E-state index in [1.54, 1.807) is 29.2 Å². The zero-order chi connectivity index (χ0) is 19.6. The second-order valence-electron chi connectivity index (χ2n) is 6.64. The van der Waals surface area contributed by atoms with Gasteiger partial charge in [0.2, 0.25) is 0 Å². The van der Waals surface area contributed by atoms with Crippen LogP contribution in [0.15, 0.2) is 30.3 Å². The predicted molar refractivity (Wildman–Crippen MR) is 104 cm³/mol. The number of carbonyl (C=O) groups excluding carboxylic acids is 1. The zero-order valence-corrected chi connectivity index (χ0v) is 16.1. The van der Waals surface area contributed by atoms with Crippen LogP contribution in [-0.2, 0) is 17.6 Å². The predicted octanol–water partition coefficient (Wildman–Crippen LogP) is 4.15. The van der Waals surface area contributed by atoms with Gasteiger partial charge in [-0.05, 0) is 53.8 Å². The monoisotopic (exact) mass is 407 g/mol. The standard InChI is InChI=1S/C20H19Cl2NO4/c21-16-9-13(11-19(25)26)10-17(22)14(16)7-12-3-4-18(24)15(8-12)20(27)23-5-1-2-6-23/h3-4,8-10,24H,1-2,5-7,11H2,(H,25,26). The van der Waals surface area contributed by atoms with E-state index < -0.39 is 5.97 Å². The molecule has 3 rings (SSSR count). The Hall–Kier alpha value is -2.24. The van der Waals surface area contributed by atoms with Crippen LogP contribution in [0.25, 0.3) is 0 Å². The average Bonchev–Trinajstić information content (AvgIpc) is 3.13. The molecule has 0 unspecified atom stereocenters. The summed E-state index contributed by atoms with van der Waals surface area (Å²) in [6.07, 6.45) is 2.15. The lowest BCUT2D eigenvalue weighted by Crippen LogP contribution is -2.27. The SMILES string of the molecule is O=C(O)Cc1cc(Cl)c(Cc2ccc(O)c(C(=O)N3CCCC3)c2)c(Cl)c1. The Morgan fingerprint density at radius 2 is 1.63 bits per heavy atom. The number of benzene rings is 2. The number of phenolic OH excluding ortho intramolecular Hbond substituents is 1. The van der Waals surface area contributed by atoms with Crippen LogP contribution in [0.2, 0.25) is 10.0 Å². The summed E-state index contributed by atoms with van der Waals surface area (Å²) >= 11 is 12.6. The number of rotatable bonds is 5. The van der Waals surface area contributed by atoms with Gasteiger partial charge in [-0.1, -0.05) is 29.3 Å². The minimum absolute atomic E-state index is 0.0512.